The third-order valence-corrected chi connectivity index (χ3v) is 20.6. The maximum Gasteiger partial charge on any atom is 0.326 e. The van der Waals surface area contributed by atoms with Crippen LogP contribution < -0.4 is 158 Å². The second-order valence-corrected chi connectivity index (χ2v) is 33.1. The molecule has 0 radical (unpaired) electrons. The van der Waals surface area contributed by atoms with Gasteiger partial charge in [0.2, 0.25) is 94.5 Å². The molecule has 16 amide bonds. The SMILES string of the molecule is CC(C)C[C@H](NC(=O)[C@H](CC(N)=O)NC(=O)[C@H](CCCCN)NC(=O)[C@H](CCC(=O)O)NC(=O)[C@H](CCC(N)=O)NC(=O)[C@H](CCCNC(=N)N)NC(=O)[C@H](CCCNC(=N)N)NC(=O)[C@H](CC(=O)O)NC(=O)[C@H](CCCNC(=N)N)NC(=O)[C@H](CCCNC(=N)N)NC(=O)[C@H](CCC(=O)O)NC(=O)[C@H](CCC(=O)O)NC(=O)[C@@H](N)CCCNC(=N)N)C(=O)N[C@H](C(=O)N[C@@H](CCCCN)C(=O)O)[C@@H](C)O. The van der Waals surface area contributed by atoms with Crippen LogP contribution >= 0.6 is 0 Å². The van der Waals surface area contributed by atoms with Crippen LogP contribution in [0.2, 0.25) is 0 Å². The minimum atomic E-state index is -2.25. The van der Waals surface area contributed by atoms with Gasteiger partial charge in [0.25, 0.3) is 0 Å². The first kappa shape index (κ1) is 126. The number of nitrogens with one attached hydrogen (secondary N) is 24. The zero-order valence-corrected chi connectivity index (χ0v) is 78.9. The lowest BCUT2D eigenvalue weighted by Gasteiger charge is -2.29. The summed E-state index contributed by atoms with van der Waals surface area (Å²) in [6, 6.07) is -27.5. The molecular formula is C80H144N34O27. The Kier molecular flexibility index (Phi) is 61.7. The number of guanidine groups is 5. The number of nitrogens with two attached hydrogens (primary N) is 10. The number of carbonyl (C=O) groups excluding carboxylic acids is 16. The fourth-order valence-electron chi connectivity index (χ4n) is 13.2. The van der Waals surface area contributed by atoms with Gasteiger partial charge in [0.15, 0.2) is 29.8 Å². The van der Waals surface area contributed by atoms with Gasteiger partial charge in [0.05, 0.1) is 25.0 Å². The van der Waals surface area contributed by atoms with Crippen molar-refractivity contribution in [2.24, 2.45) is 63.3 Å². The van der Waals surface area contributed by atoms with Crippen LogP contribution in [0.5, 0.6) is 0 Å². The Morgan fingerprint density at radius 2 is 0.489 bits per heavy atom. The number of hydrogen-bond donors (Lipinski definition) is 40. The van der Waals surface area contributed by atoms with Crippen molar-refractivity contribution in [2.45, 2.75) is 291 Å². The van der Waals surface area contributed by atoms with E-state index in [0.717, 1.165) is 6.92 Å². The minimum Gasteiger partial charge on any atom is -0.481 e. The van der Waals surface area contributed by atoms with E-state index in [1.165, 1.54) is 0 Å². The number of rotatable bonds is 76. The van der Waals surface area contributed by atoms with E-state index in [1.807, 2.05) is 0 Å². The van der Waals surface area contributed by atoms with Crippen LogP contribution in [-0.2, 0) is 101 Å². The van der Waals surface area contributed by atoms with Crippen LogP contribution in [0.1, 0.15) is 194 Å². The van der Waals surface area contributed by atoms with E-state index in [1.54, 1.807) is 13.8 Å². The van der Waals surface area contributed by atoms with Gasteiger partial charge in [-0.15, -0.1) is 0 Å². The summed E-state index contributed by atoms with van der Waals surface area (Å²) in [5.74, 6) is -30.8. The molecule has 0 rings (SSSR count). The number of aliphatic hydroxyl groups excluding tert-OH is 1. The smallest absolute Gasteiger partial charge is 0.326 e. The first-order valence-electron chi connectivity index (χ1n) is 45.3. The van der Waals surface area contributed by atoms with Gasteiger partial charge < -0.3 is 189 Å². The quantitative estimate of drug-likeness (QED) is 0.0153. The molecule has 61 heteroatoms. The number of carbonyl (C=O) groups is 21. The van der Waals surface area contributed by atoms with Gasteiger partial charge >= 0.3 is 29.8 Å². The van der Waals surface area contributed by atoms with Crippen molar-refractivity contribution in [1.82, 2.24) is 101 Å². The molecule has 0 aromatic carbocycles. The van der Waals surface area contributed by atoms with Crippen LogP contribution in [0.4, 0.5) is 0 Å². The molecule has 16 atom stereocenters. The van der Waals surface area contributed by atoms with E-state index in [4.69, 9.17) is 84.4 Å². The Balaban J connectivity index is 8.02. The van der Waals surface area contributed by atoms with Crippen molar-refractivity contribution in [1.29, 1.82) is 27.0 Å². The molecule has 0 bridgehead atoms. The second-order valence-electron chi connectivity index (χ2n) is 33.1. The summed E-state index contributed by atoms with van der Waals surface area (Å²) in [5.41, 5.74) is 55.7. The highest BCUT2D eigenvalue weighted by Gasteiger charge is 2.41. The van der Waals surface area contributed by atoms with Crippen molar-refractivity contribution >= 4 is 154 Å². The monoisotopic (exact) mass is 2010 g/mol. The van der Waals surface area contributed by atoms with Gasteiger partial charge in [0, 0.05) is 58.4 Å². The maximum absolute atomic E-state index is 14.9. The lowest BCUT2D eigenvalue weighted by Crippen LogP contribution is -2.61. The molecule has 0 heterocycles. The van der Waals surface area contributed by atoms with Crippen molar-refractivity contribution < 1.29 is 131 Å². The molecule has 0 aliphatic rings. The maximum atomic E-state index is 14.9. The molecule has 61 nitrogen and oxygen atoms in total. The molecule has 0 saturated heterocycles. The van der Waals surface area contributed by atoms with Crippen LogP contribution in [0.25, 0.3) is 0 Å². The summed E-state index contributed by atoms with van der Waals surface area (Å²) in [4.78, 5) is 287. The zero-order valence-electron chi connectivity index (χ0n) is 78.9. The Morgan fingerprint density at radius 1 is 0.255 bits per heavy atom. The highest BCUT2D eigenvalue weighted by molar-refractivity contribution is 6.02. The second kappa shape index (κ2) is 69.0. The Morgan fingerprint density at radius 3 is 0.745 bits per heavy atom. The van der Waals surface area contributed by atoms with Gasteiger partial charge in [-0.2, -0.15) is 0 Å². The molecule has 0 unspecified atom stereocenters. The Hall–Kier alpha value is -14.9. The zero-order chi connectivity index (χ0) is 107. The average Bonchev–Trinajstić information content (AvgIpc) is 0.851. The number of aliphatic carboxylic acids is 5. The van der Waals surface area contributed by atoms with E-state index in [9.17, 15) is 131 Å². The topological polar surface area (TPSA) is 1090 Å². The molecule has 0 aliphatic carbocycles. The number of aliphatic hydroxyl groups is 1. The third-order valence-electron chi connectivity index (χ3n) is 20.6. The van der Waals surface area contributed by atoms with Gasteiger partial charge in [-0.25, -0.2) is 4.79 Å². The summed E-state index contributed by atoms with van der Waals surface area (Å²) in [6.07, 6.45) is -12.5. The Bertz CT molecular complexity index is 4260. The predicted molar refractivity (Wildman–Crippen MR) is 500 cm³/mol. The minimum absolute atomic E-state index is 0.00402. The molecule has 0 saturated carbocycles. The summed E-state index contributed by atoms with van der Waals surface area (Å²) >= 11 is 0. The lowest BCUT2D eigenvalue weighted by atomic mass is 10.0. The van der Waals surface area contributed by atoms with E-state index in [0.29, 0.717) is 6.42 Å². The summed E-state index contributed by atoms with van der Waals surface area (Å²) in [7, 11) is 0. The molecular weight excluding hydrogens is 1870 g/mol. The first-order valence-corrected chi connectivity index (χ1v) is 45.3. The van der Waals surface area contributed by atoms with Crippen LogP contribution in [0.15, 0.2) is 0 Å². The van der Waals surface area contributed by atoms with Gasteiger partial charge in [-0.05, 0) is 161 Å². The van der Waals surface area contributed by atoms with E-state index in [-0.39, 0.29) is 129 Å². The van der Waals surface area contributed by atoms with Crippen LogP contribution in [0, 0.1) is 33.0 Å². The Labute approximate surface area is 810 Å². The van der Waals surface area contributed by atoms with Crippen LogP contribution in [0.3, 0.4) is 0 Å². The van der Waals surface area contributed by atoms with E-state index in [2.05, 4.69) is 101 Å². The largest absolute Gasteiger partial charge is 0.481 e. The van der Waals surface area contributed by atoms with Crippen molar-refractivity contribution in [2.75, 3.05) is 45.8 Å². The molecule has 0 fully saturated rings. The number of unbranched alkanes of at least 4 members (excludes halogenated alkanes) is 2. The van der Waals surface area contributed by atoms with Crippen molar-refractivity contribution in [3.63, 3.8) is 0 Å². The highest BCUT2D eigenvalue weighted by atomic mass is 16.4. The fraction of sp³-hybridized carbons (Fsp3) is 0.675. The molecule has 141 heavy (non-hydrogen) atoms. The summed E-state index contributed by atoms with van der Waals surface area (Å²) in [6.45, 7) is 3.82. The number of carboxylic acid groups (broad SMARTS) is 5. The van der Waals surface area contributed by atoms with Gasteiger partial charge in [-0.1, -0.05) is 13.8 Å². The average molecular weight is 2010 g/mol. The number of primary amides is 2. The fourth-order valence-corrected chi connectivity index (χ4v) is 13.2. The van der Waals surface area contributed by atoms with Gasteiger partial charge in [-0.3, -0.25) is 123 Å². The molecule has 796 valence electrons. The molecule has 0 aliphatic heterocycles. The third kappa shape index (κ3) is 57.1. The van der Waals surface area contributed by atoms with Crippen molar-refractivity contribution in [3.8, 4) is 0 Å². The number of hydrogen-bond acceptors (Lipinski definition) is 30. The lowest BCUT2D eigenvalue weighted by molar-refractivity contribution is -0.143. The molecule has 0 aromatic heterocycles. The molecule has 0 spiro atoms. The molecule has 0 aromatic rings. The molecule has 50 N–H and O–H groups in total. The number of carboxylic acids is 5. The summed E-state index contributed by atoms with van der Waals surface area (Å²) < 4.78 is 0. The highest BCUT2D eigenvalue weighted by Crippen LogP contribution is 2.16. The standard InChI is InChI=1S/C80H144N34O27/c1-38(2)35-51(73(138)114-60(39(3)115)74(139)110-50(75(140)141)15-5-7-29-82)111-71(136)52(36-55(85)117)112-65(130)41(14-4-6-28-81)102-69(134)48(22-26-57(120)121)108-67(132)46(20-24-54(84)116)107-64(129)43(17-10-32-98-78(90)91)103-63(128)44(18-11-33-99-79(92)93)106-72(137)53(37-59(124)125)113-66(131)45(19-12-34-100-80(94)95)104-62(127)42(16-9-31-97-77(88)89)105-70(135)49(23-27-58(122)123)109-68(133)47(21-25-56(118)119)101-61(126)40(83)13-8-30-96-76(86)87/h38-53,60,115H,4-37,81-83H2,1-3H3,(H2,84,116)(H2,85,117)(H,101,126)(H,102,134)(H,103,128)(H,104,127)(H,105,135)(H,106,137)(H,107,129)(H,108,132)(H,109,133)(H,110,139)(H,111,136)(H,112,130)(H,113,131)(H,114,138)(H,118,119)(H,120,121)(H,122,123)(H,124,125)(H,140,141)(H4,86,87,96)(H4,88,89,97)(H4,90,91,98)(H4,92,93,99)(H4,94,95,100)/t39-,40+,41+,42+,43+,44+,45+,46+,47+,48+,49+,50+,51+,52+,53+,60+/m1/s1. The summed E-state index contributed by atoms with van der Waals surface area (Å²) in [5, 5.41) is 143. The first-order chi connectivity index (χ1) is 66.1. The van der Waals surface area contributed by atoms with E-state index < -0.39 is 341 Å². The predicted octanol–water partition coefficient (Wildman–Crippen LogP) is -13.6. The van der Waals surface area contributed by atoms with Crippen LogP contribution in [-0.4, -0.2) is 327 Å². The number of amides is 16. The van der Waals surface area contributed by atoms with Gasteiger partial charge in [0.1, 0.15) is 84.6 Å². The normalized spacial score (nSPS) is 14.3. The van der Waals surface area contributed by atoms with Crippen molar-refractivity contribution in [3.05, 3.63) is 0 Å². The van der Waals surface area contributed by atoms with E-state index >= 15 is 0 Å².